The van der Waals surface area contributed by atoms with Crippen LogP contribution < -0.4 is 11.1 Å². The van der Waals surface area contributed by atoms with Crippen molar-refractivity contribution in [3.05, 3.63) is 17.5 Å². The molecule has 2 aliphatic rings. The number of hydrogen-bond acceptors (Lipinski definition) is 4. The Hall–Kier alpha value is -2.10. The van der Waals surface area contributed by atoms with E-state index >= 15 is 0 Å². The van der Waals surface area contributed by atoms with E-state index in [1.54, 1.807) is 0 Å². The normalized spacial score (nSPS) is 24.5. The lowest BCUT2D eigenvalue weighted by molar-refractivity contribution is -0.141. The topological polar surface area (TPSA) is 93.2 Å². The zero-order valence-corrected chi connectivity index (χ0v) is 13.7. The Morgan fingerprint density at radius 3 is 2.56 bits per heavy atom. The molecule has 0 radical (unpaired) electrons. The molecular weight excluding hydrogens is 339 g/mol. The molecule has 0 bridgehead atoms. The molecule has 10 heteroatoms. The van der Waals surface area contributed by atoms with E-state index in [2.05, 4.69) is 10.4 Å². The Morgan fingerprint density at radius 1 is 1.36 bits per heavy atom. The summed E-state index contributed by atoms with van der Waals surface area (Å²) in [6.07, 6.45) is -2.48. The van der Waals surface area contributed by atoms with Gasteiger partial charge >= 0.3 is 6.18 Å². The van der Waals surface area contributed by atoms with Gasteiger partial charge in [-0.3, -0.25) is 19.2 Å². The van der Waals surface area contributed by atoms with Gasteiger partial charge in [-0.15, -0.1) is 0 Å². The van der Waals surface area contributed by atoms with Crippen molar-refractivity contribution >= 4 is 11.8 Å². The van der Waals surface area contributed by atoms with Gasteiger partial charge in [0, 0.05) is 32.2 Å². The third-order valence-corrected chi connectivity index (χ3v) is 4.77. The van der Waals surface area contributed by atoms with Gasteiger partial charge in [0.1, 0.15) is 5.69 Å². The van der Waals surface area contributed by atoms with Gasteiger partial charge in [0.2, 0.25) is 5.91 Å². The summed E-state index contributed by atoms with van der Waals surface area (Å²) in [5.74, 6) is -0.385. The van der Waals surface area contributed by atoms with Crippen LogP contribution in [0.25, 0.3) is 0 Å². The van der Waals surface area contributed by atoms with E-state index in [1.165, 1.54) is 7.05 Å². The number of nitrogens with two attached hydrogens (primary N) is 1. The third-order valence-electron chi connectivity index (χ3n) is 4.77. The third kappa shape index (κ3) is 3.94. The van der Waals surface area contributed by atoms with Crippen LogP contribution >= 0.6 is 0 Å². The van der Waals surface area contributed by atoms with Crippen molar-refractivity contribution in [3.8, 4) is 0 Å². The monoisotopic (exact) mass is 359 g/mol. The summed E-state index contributed by atoms with van der Waals surface area (Å²) in [6.45, 7) is 1.22. The number of primary amides is 1. The lowest BCUT2D eigenvalue weighted by Crippen LogP contribution is -2.42. The molecule has 2 heterocycles. The Bertz CT molecular complexity index is 683. The van der Waals surface area contributed by atoms with Crippen molar-refractivity contribution in [2.45, 2.75) is 25.1 Å². The lowest BCUT2D eigenvalue weighted by Gasteiger charge is -2.19. The highest BCUT2D eigenvalue weighted by atomic mass is 19.4. The molecule has 3 rings (SSSR count). The molecule has 1 saturated heterocycles. The minimum atomic E-state index is -4.60. The van der Waals surface area contributed by atoms with Crippen LogP contribution in [0.3, 0.4) is 0 Å². The SMILES string of the molecule is Cn1nc(C(F)(F)F)cc1C(=O)N[C@H]1CN(CC(N)=O)C[C@@H]1C1CC1. The standard InChI is InChI=1S/C15H20F3N5O2/c1-22-11(4-12(21-22)15(16,17)18)14(25)20-10-6-23(7-13(19)24)5-9(10)8-2-3-8/h4,8-10H,2-3,5-7H2,1H3,(H2,19,24)(H,20,25)/t9-,10+/m1/s1. The molecule has 0 unspecified atom stereocenters. The average Bonchev–Trinajstić information content (AvgIpc) is 3.13. The van der Waals surface area contributed by atoms with Crippen molar-refractivity contribution in [1.29, 1.82) is 0 Å². The second kappa shape index (κ2) is 6.32. The fourth-order valence-electron chi connectivity index (χ4n) is 3.48. The van der Waals surface area contributed by atoms with Gasteiger partial charge in [0.25, 0.3) is 5.91 Å². The molecule has 0 aromatic carbocycles. The van der Waals surface area contributed by atoms with Crippen LogP contribution in [0.1, 0.15) is 29.0 Å². The first-order valence-corrected chi connectivity index (χ1v) is 8.08. The summed E-state index contributed by atoms with van der Waals surface area (Å²) in [4.78, 5) is 25.4. The first kappa shape index (κ1) is 17.7. The highest BCUT2D eigenvalue weighted by molar-refractivity contribution is 5.93. The molecule has 2 amide bonds. The maximum atomic E-state index is 12.7. The zero-order chi connectivity index (χ0) is 18.4. The summed E-state index contributed by atoms with van der Waals surface area (Å²) in [5, 5.41) is 6.17. The van der Waals surface area contributed by atoms with E-state index in [1.807, 2.05) is 4.90 Å². The highest BCUT2D eigenvalue weighted by Crippen LogP contribution is 2.41. The van der Waals surface area contributed by atoms with Gasteiger partial charge in [-0.25, -0.2) is 0 Å². The van der Waals surface area contributed by atoms with E-state index in [-0.39, 0.29) is 24.2 Å². The van der Waals surface area contributed by atoms with Crippen LogP contribution in [0.15, 0.2) is 6.07 Å². The molecule has 7 nitrogen and oxygen atoms in total. The summed E-state index contributed by atoms with van der Waals surface area (Å²) < 4.78 is 39.2. The molecule has 3 N–H and O–H groups in total. The maximum Gasteiger partial charge on any atom is 0.435 e. The van der Waals surface area contributed by atoms with Crippen molar-refractivity contribution in [2.75, 3.05) is 19.6 Å². The average molecular weight is 359 g/mol. The first-order chi connectivity index (χ1) is 11.6. The number of aromatic nitrogens is 2. The number of amides is 2. The van der Waals surface area contributed by atoms with Crippen LogP contribution in [0.2, 0.25) is 0 Å². The molecule has 25 heavy (non-hydrogen) atoms. The minimum absolute atomic E-state index is 0.111. The van der Waals surface area contributed by atoms with Crippen LogP contribution in [0.4, 0.5) is 13.2 Å². The van der Waals surface area contributed by atoms with E-state index in [4.69, 9.17) is 5.73 Å². The number of carbonyl (C=O) groups excluding carboxylic acids is 2. The van der Waals surface area contributed by atoms with Gasteiger partial charge in [-0.05, 0) is 24.7 Å². The molecule has 1 aromatic rings. The Balaban J connectivity index is 1.71. The van der Waals surface area contributed by atoms with Gasteiger partial charge < -0.3 is 11.1 Å². The van der Waals surface area contributed by atoms with Crippen molar-refractivity contribution < 1.29 is 22.8 Å². The van der Waals surface area contributed by atoms with E-state index in [0.717, 1.165) is 23.6 Å². The van der Waals surface area contributed by atoms with E-state index < -0.39 is 23.7 Å². The fraction of sp³-hybridized carbons (Fsp3) is 0.667. The van der Waals surface area contributed by atoms with E-state index in [0.29, 0.717) is 19.0 Å². The number of hydrogen-bond donors (Lipinski definition) is 2. The Morgan fingerprint density at radius 2 is 2.04 bits per heavy atom. The molecule has 2 atom stereocenters. The van der Waals surface area contributed by atoms with Gasteiger partial charge in [-0.2, -0.15) is 18.3 Å². The molecule has 2 fully saturated rings. The van der Waals surface area contributed by atoms with E-state index in [9.17, 15) is 22.8 Å². The number of nitrogens with one attached hydrogen (secondary N) is 1. The Labute approximate surface area is 142 Å². The predicted molar refractivity (Wildman–Crippen MR) is 81.3 cm³/mol. The van der Waals surface area contributed by atoms with Crippen LogP contribution in [0, 0.1) is 11.8 Å². The van der Waals surface area contributed by atoms with Gasteiger partial charge in [0.15, 0.2) is 5.69 Å². The fourth-order valence-corrected chi connectivity index (χ4v) is 3.48. The van der Waals surface area contributed by atoms with Crippen LogP contribution in [-0.2, 0) is 18.0 Å². The maximum absolute atomic E-state index is 12.7. The molecule has 1 saturated carbocycles. The number of alkyl halides is 3. The summed E-state index contributed by atoms with van der Waals surface area (Å²) in [6, 6.07) is 0.529. The summed E-state index contributed by atoms with van der Waals surface area (Å²) in [7, 11) is 1.30. The number of halogens is 3. The summed E-state index contributed by atoms with van der Waals surface area (Å²) >= 11 is 0. The zero-order valence-electron chi connectivity index (χ0n) is 13.7. The molecular formula is C15H20F3N5O2. The molecule has 0 spiro atoms. The molecule has 1 aliphatic heterocycles. The molecule has 1 aliphatic carbocycles. The summed E-state index contributed by atoms with van der Waals surface area (Å²) in [5.41, 5.74) is 3.98. The number of likely N-dealkylation sites (tertiary alicyclic amines) is 1. The van der Waals surface area contributed by atoms with Crippen molar-refractivity contribution in [3.63, 3.8) is 0 Å². The smallest absolute Gasteiger partial charge is 0.369 e. The minimum Gasteiger partial charge on any atom is -0.369 e. The quantitative estimate of drug-likeness (QED) is 0.794. The van der Waals surface area contributed by atoms with Crippen molar-refractivity contribution in [2.24, 2.45) is 24.6 Å². The van der Waals surface area contributed by atoms with Gasteiger partial charge in [0.05, 0.1) is 6.54 Å². The molecule has 1 aromatic heterocycles. The van der Waals surface area contributed by atoms with Gasteiger partial charge in [-0.1, -0.05) is 0 Å². The predicted octanol–water partition coefficient (Wildman–Crippen LogP) is 0.364. The Kier molecular flexibility index (Phi) is 4.48. The second-order valence-corrected chi connectivity index (χ2v) is 6.78. The van der Waals surface area contributed by atoms with Crippen LogP contribution in [0.5, 0.6) is 0 Å². The number of nitrogens with zero attached hydrogens (tertiary/aromatic N) is 3. The highest BCUT2D eigenvalue weighted by Gasteiger charge is 2.43. The molecule has 138 valence electrons. The number of rotatable bonds is 5. The first-order valence-electron chi connectivity index (χ1n) is 8.08. The van der Waals surface area contributed by atoms with Crippen LogP contribution in [-0.4, -0.2) is 52.2 Å². The number of aryl methyl sites for hydroxylation is 1. The number of carbonyl (C=O) groups is 2. The van der Waals surface area contributed by atoms with Crippen molar-refractivity contribution in [1.82, 2.24) is 20.0 Å². The second-order valence-electron chi connectivity index (χ2n) is 6.78. The largest absolute Gasteiger partial charge is 0.435 e. The lowest BCUT2D eigenvalue weighted by atomic mass is 9.98.